The summed E-state index contributed by atoms with van der Waals surface area (Å²) < 4.78 is 2.59. The molecule has 0 bridgehead atoms. The van der Waals surface area contributed by atoms with Crippen molar-refractivity contribution in [1.82, 2.24) is 19.4 Å². The molecule has 0 aliphatic rings. The minimum atomic E-state index is -0.290. The zero-order valence-electron chi connectivity index (χ0n) is 10.9. The molecule has 17 heavy (non-hydrogen) atoms. The van der Waals surface area contributed by atoms with E-state index in [9.17, 15) is 9.59 Å². The smallest absolute Gasteiger partial charge is 0.310 e. The van der Waals surface area contributed by atoms with Crippen LogP contribution in [0.5, 0.6) is 0 Å². The molecular formula is C11H20N4O2. The molecule has 1 N–H and O–H groups in total. The quantitative estimate of drug-likeness (QED) is 0.652. The molecule has 0 unspecified atom stereocenters. The Balaban J connectivity index is 2.73. The molecule has 1 aromatic heterocycles. The van der Waals surface area contributed by atoms with Crippen molar-refractivity contribution < 1.29 is 0 Å². The van der Waals surface area contributed by atoms with Crippen molar-refractivity contribution in [2.24, 2.45) is 14.1 Å². The fraction of sp³-hybridized carbons (Fsp3) is 0.636. The monoisotopic (exact) mass is 240 g/mol. The summed E-state index contributed by atoms with van der Waals surface area (Å²) in [7, 11) is 7.14. The van der Waals surface area contributed by atoms with Gasteiger partial charge >= 0.3 is 5.69 Å². The van der Waals surface area contributed by atoms with E-state index in [1.54, 1.807) is 7.05 Å². The summed E-state index contributed by atoms with van der Waals surface area (Å²) in [6, 6.07) is 1.49. The Kier molecular flexibility index (Phi) is 4.65. The molecule has 1 heterocycles. The predicted octanol–water partition coefficient (Wildman–Crippen LogP) is -1.26. The van der Waals surface area contributed by atoms with Crippen molar-refractivity contribution in [3.63, 3.8) is 0 Å². The van der Waals surface area contributed by atoms with E-state index in [0.29, 0.717) is 12.2 Å². The molecule has 0 spiro atoms. The van der Waals surface area contributed by atoms with Crippen LogP contribution in [0.4, 0.5) is 0 Å². The maximum atomic E-state index is 11.6. The van der Waals surface area contributed by atoms with Crippen LogP contribution in [-0.4, -0.2) is 41.2 Å². The third kappa shape index (κ3) is 3.54. The van der Waals surface area contributed by atoms with Crippen LogP contribution in [-0.2, 0) is 20.6 Å². The minimum absolute atomic E-state index is 0.266. The molecule has 0 saturated heterocycles. The van der Waals surface area contributed by atoms with E-state index < -0.39 is 0 Å². The Morgan fingerprint density at radius 2 is 1.88 bits per heavy atom. The number of rotatable bonds is 5. The molecule has 0 amide bonds. The first-order chi connectivity index (χ1) is 7.93. The summed E-state index contributed by atoms with van der Waals surface area (Å²) in [4.78, 5) is 25.2. The zero-order chi connectivity index (χ0) is 13.0. The molecule has 96 valence electrons. The molecule has 6 nitrogen and oxygen atoms in total. The van der Waals surface area contributed by atoms with Crippen LogP contribution in [0.2, 0.25) is 0 Å². The van der Waals surface area contributed by atoms with Gasteiger partial charge in [-0.05, 0) is 14.1 Å². The number of hydrogen-bond donors (Lipinski definition) is 1. The molecule has 0 radical (unpaired) electrons. The van der Waals surface area contributed by atoms with Crippen LogP contribution in [0.1, 0.15) is 5.69 Å². The lowest BCUT2D eigenvalue weighted by atomic mass is 10.3. The number of likely N-dealkylation sites (N-methyl/N-ethyl adjacent to an activating group) is 1. The van der Waals surface area contributed by atoms with Gasteiger partial charge in [0.25, 0.3) is 5.56 Å². The van der Waals surface area contributed by atoms with Crippen molar-refractivity contribution >= 4 is 0 Å². The maximum absolute atomic E-state index is 11.6. The Morgan fingerprint density at radius 1 is 1.24 bits per heavy atom. The summed E-state index contributed by atoms with van der Waals surface area (Å²) >= 11 is 0. The average Bonchev–Trinajstić information content (AvgIpc) is 2.27. The van der Waals surface area contributed by atoms with E-state index in [4.69, 9.17) is 0 Å². The largest absolute Gasteiger partial charge is 0.330 e. The van der Waals surface area contributed by atoms with Gasteiger partial charge in [-0.15, -0.1) is 0 Å². The number of hydrogen-bond acceptors (Lipinski definition) is 4. The van der Waals surface area contributed by atoms with Gasteiger partial charge in [0.1, 0.15) is 0 Å². The van der Waals surface area contributed by atoms with Gasteiger partial charge in [0.2, 0.25) is 0 Å². The number of aromatic nitrogens is 2. The van der Waals surface area contributed by atoms with Crippen molar-refractivity contribution in [2.45, 2.75) is 6.54 Å². The lowest BCUT2D eigenvalue weighted by Gasteiger charge is -2.12. The minimum Gasteiger partial charge on any atom is -0.310 e. The normalized spacial score (nSPS) is 11.1. The van der Waals surface area contributed by atoms with E-state index in [0.717, 1.165) is 17.7 Å². The number of nitrogens with one attached hydrogen (secondary N) is 1. The second-order valence-corrected chi connectivity index (χ2v) is 4.35. The van der Waals surface area contributed by atoms with Crippen molar-refractivity contribution in [3.8, 4) is 0 Å². The van der Waals surface area contributed by atoms with Crippen LogP contribution >= 0.6 is 0 Å². The highest BCUT2D eigenvalue weighted by atomic mass is 16.2. The Hall–Kier alpha value is -1.40. The first kappa shape index (κ1) is 13.7. The molecular weight excluding hydrogens is 220 g/mol. The van der Waals surface area contributed by atoms with Crippen molar-refractivity contribution in [2.75, 3.05) is 27.2 Å². The van der Waals surface area contributed by atoms with Gasteiger partial charge in [0, 0.05) is 45.5 Å². The molecule has 0 aliphatic carbocycles. The predicted molar refractivity (Wildman–Crippen MR) is 67.2 cm³/mol. The Labute approximate surface area is 100 Å². The summed E-state index contributed by atoms with van der Waals surface area (Å²) in [6.07, 6.45) is 0. The number of nitrogens with zero attached hydrogens (tertiary/aromatic N) is 3. The summed E-state index contributed by atoms with van der Waals surface area (Å²) in [5.74, 6) is 0. The van der Waals surface area contributed by atoms with E-state index in [1.807, 2.05) is 14.1 Å². The van der Waals surface area contributed by atoms with Gasteiger partial charge in [-0.1, -0.05) is 0 Å². The Morgan fingerprint density at radius 3 is 2.47 bits per heavy atom. The average molecular weight is 240 g/mol. The first-order valence-electron chi connectivity index (χ1n) is 5.55. The third-order valence-electron chi connectivity index (χ3n) is 2.67. The van der Waals surface area contributed by atoms with E-state index >= 15 is 0 Å². The molecule has 0 saturated carbocycles. The molecule has 0 atom stereocenters. The van der Waals surface area contributed by atoms with E-state index in [1.165, 1.54) is 17.7 Å². The summed E-state index contributed by atoms with van der Waals surface area (Å²) in [5.41, 5.74) is 0.149. The van der Waals surface area contributed by atoms with Gasteiger partial charge in [0.15, 0.2) is 0 Å². The highest BCUT2D eigenvalue weighted by molar-refractivity contribution is 5.01. The van der Waals surface area contributed by atoms with E-state index in [-0.39, 0.29) is 11.2 Å². The van der Waals surface area contributed by atoms with Gasteiger partial charge in [-0.2, -0.15) is 0 Å². The molecule has 0 fully saturated rings. The van der Waals surface area contributed by atoms with Crippen LogP contribution in [0.25, 0.3) is 0 Å². The SMILES string of the molecule is CN(C)CCNCc1cc(=O)n(C)c(=O)n1C. The second-order valence-electron chi connectivity index (χ2n) is 4.35. The van der Waals surface area contributed by atoms with Crippen LogP contribution in [0, 0.1) is 0 Å². The standard InChI is InChI=1S/C11H20N4O2/c1-13(2)6-5-12-8-9-7-10(16)15(4)11(17)14(9)3/h7,12H,5-6,8H2,1-4H3. The first-order valence-corrected chi connectivity index (χ1v) is 5.55. The maximum Gasteiger partial charge on any atom is 0.330 e. The fourth-order valence-electron chi connectivity index (χ4n) is 1.47. The van der Waals surface area contributed by atoms with Gasteiger partial charge < -0.3 is 10.2 Å². The summed E-state index contributed by atoms with van der Waals surface area (Å²) in [6.45, 7) is 2.25. The zero-order valence-corrected chi connectivity index (χ0v) is 10.9. The van der Waals surface area contributed by atoms with Crippen LogP contribution < -0.4 is 16.6 Å². The second kappa shape index (κ2) is 5.79. The molecule has 6 heteroatoms. The van der Waals surface area contributed by atoms with Crippen LogP contribution in [0.15, 0.2) is 15.7 Å². The van der Waals surface area contributed by atoms with Crippen molar-refractivity contribution in [1.29, 1.82) is 0 Å². The molecule has 1 rings (SSSR count). The van der Waals surface area contributed by atoms with Crippen molar-refractivity contribution in [3.05, 3.63) is 32.6 Å². The van der Waals surface area contributed by atoms with E-state index in [2.05, 4.69) is 10.2 Å². The Bertz CT molecular complexity index is 487. The third-order valence-corrected chi connectivity index (χ3v) is 2.67. The lowest BCUT2D eigenvalue weighted by molar-refractivity contribution is 0.398. The molecule has 0 aromatic carbocycles. The topological polar surface area (TPSA) is 59.3 Å². The molecule has 0 aliphatic heterocycles. The van der Waals surface area contributed by atoms with Crippen LogP contribution in [0.3, 0.4) is 0 Å². The fourth-order valence-corrected chi connectivity index (χ4v) is 1.47. The highest BCUT2D eigenvalue weighted by Gasteiger charge is 2.04. The van der Waals surface area contributed by atoms with Gasteiger partial charge in [-0.25, -0.2) is 4.79 Å². The van der Waals surface area contributed by atoms with Gasteiger partial charge in [-0.3, -0.25) is 13.9 Å². The summed E-state index contributed by atoms with van der Waals surface area (Å²) in [5, 5.41) is 3.20. The highest BCUT2D eigenvalue weighted by Crippen LogP contribution is 1.89. The van der Waals surface area contributed by atoms with Gasteiger partial charge in [0.05, 0.1) is 0 Å². The lowest BCUT2D eigenvalue weighted by Crippen LogP contribution is -2.39. The molecule has 1 aromatic rings.